The Labute approximate surface area is 105 Å². The largest absolute Gasteiger partial charge is 0.476 e. The molecule has 0 aliphatic heterocycles. The summed E-state index contributed by atoms with van der Waals surface area (Å²) < 4.78 is 5.44. The van der Waals surface area contributed by atoms with Crippen LogP contribution in [0.1, 0.15) is 29.2 Å². The topological polar surface area (TPSA) is 62.7 Å². The minimum Gasteiger partial charge on any atom is -0.476 e. The quantitative estimate of drug-likeness (QED) is 0.845. The molecule has 0 spiro atoms. The summed E-state index contributed by atoms with van der Waals surface area (Å²) in [6.45, 7) is 7.04. The minimum atomic E-state index is -0.975. The summed E-state index contributed by atoms with van der Waals surface area (Å²) in [6, 6.07) is 0. The first kappa shape index (κ1) is 13.9. The van der Waals surface area contributed by atoms with Crippen molar-refractivity contribution in [2.45, 2.75) is 26.9 Å². The van der Waals surface area contributed by atoms with Gasteiger partial charge in [-0.25, -0.2) is 9.78 Å². The number of aryl methyl sites for hydroxylation is 1. The number of ether oxygens (including phenoxy) is 1. The third kappa shape index (κ3) is 3.98. The summed E-state index contributed by atoms with van der Waals surface area (Å²) in [7, 11) is 1.88. The standard InChI is InChI=1S/C11H18N2O3S/c1-7(2)16-6-5-13(4)11-12-9(10(14)15)8(3)17-11/h7H,5-6H2,1-4H3,(H,14,15). The molecule has 1 rings (SSSR count). The number of hydrogen-bond donors (Lipinski definition) is 1. The van der Waals surface area contributed by atoms with Gasteiger partial charge in [0.2, 0.25) is 0 Å². The van der Waals surface area contributed by atoms with Crippen LogP contribution >= 0.6 is 11.3 Å². The van der Waals surface area contributed by atoms with Gasteiger partial charge in [-0.05, 0) is 20.8 Å². The number of carbonyl (C=O) groups is 1. The molecule has 0 saturated carbocycles. The molecule has 0 amide bonds. The number of aromatic nitrogens is 1. The Hall–Kier alpha value is -1.14. The number of carboxylic acids is 1. The molecule has 1 aromatic rings. The van der Waals surface area contributed by atoms with Crippen molar-refractivity contribution in [3.8, 4) is 0 Å². The van der Waals surface area contributed by atoms with Crippen LogP contribution in [0.15, 0.2) is 0 Å². The molecule has 1 aromatic heterocycles. The maximum Gasteiger partial charge on any atom is 0.355 e. The number of nitrogens with zero attached hydrogens (tertiary/aromatic N) is 2. The lowest BCUT2D eigenvalue weighted by molar-refractivity contribution is 0.0690. The molecule has 0 saturated heterocycles. The van der Waals surface area contributed by atoms with E-state index in [1.165, 1.54) is 11.3 Å². The zero-order valence-electron chi connectivity index (χ0n) is 10.6. The molecule has 0 radical (unpaired) electrons. The number of likely N-dealkylation sites (N-methyl/N-ethyl adjacent to an activating group) is 1. The van der Waals surface area contributed by atoms with Gasteiger partial charge in [0.1, 0.15) is 0 Å². The van der Waals surface area contributed by atoms with Crippen LogP contribution in [0.3, 0.4) is 0 Å². The van der Waals surface area contributed by atoms with Gasteiger partial charge in [-0.15, -0.1) is 11.3 Å². The van der Waals surface area contributed by atoms with E-state index in [0.29, 0.717) is 18.3 Å². The number of carboxylic acid groups (broad SMARTS) is 1. The molecule has 5 nitrogen and oxygen atoms in total. The van der Waals surface area contributed by atoms with E-state index in [9.17, 15) is 4.79 Å². The van der Waals surface area contributed by atoms with Crippen LogP contribution < -0.4 is 4.90 Å². The fourth-order valence-electron chi connectivity index (χ4n) is 1.27. The summed E-state index contributed by atoms with van der Waals surface area (Å²) in [5.41, 5.74) is 0.140. The monoisotopic (exact) mass is 258 g/mol. The zero-order valence-corrected chi connectivity index (χ0v) is 11.4. The first-order chi connectivity index (χ1) is 7.91. The molecule has 1 N–H and O–H groups in total. The van der Waals surface area contributed by atoms with Crippen LogP contribution in [0.5, 0.6) is 0 Å². The highest BCUT2D eigenvalue weighted by molar-refractivity contribution is 7.15. The van der Waals surface area contributed by atoms with Gasteiger partial charge in [0.05, 0.1) is 12.7 Å². The van der Waals surface area contributed by atoms with E-state index in [1.54, 1.807) is 6.92 Å². The summed E-state index contributed by atoms with van der Waals surface area (Å²) in [4.78, 5) is 17.6. The Bertz CT molecular complexity index is 390. The van der Waals surface area contributed by atoms with Gasteiger partial charge in [0.25, 0.3) is 0 Å². The van der Waals surface area contributed by atoms with E-state index in [-0.39, 0.29) is 11.8 Å². The number of anilines is 1. The van der Waals surface area contributed by atoms with E-state index in [0.717, 1.165) is 4.88 Å². The summed E-state index contributed by atoms with van der Waals surface area (Å²) in [5.74, 6) is -0.975. The molecule has 6 heteroatoms. The molecule has 0 atom stereocenters. The van der Waals surface area contributed by atoms with E-state index in [2.05, 4.69) is 4.98 Å². The first-order valence-corrected chi connectivity index (χ1v) is 6.27. The molecule has 0 unspecified atom stereocenters. The van der Waals surface area contributed by atoms with Crippen LogP contribution in [0.25, 0.3) is 0 Å². The predicted molar refractivity (Wildman–Crippen MR) is 68.2 cm³/mol. The van der Waals surface area contributed by atoms with E-state index >= 15 is 0 Å². The van der Waals surface area contributed by atoms with Crippen molar-refractivity contribution < 1.29 is 14.6 Å². The lowest BCUT2D eigenvalue weighted by Gasteiger charge is -2.16. The Balaban J connectivity index is 2.60. The molecular formula is C11H18N2O3S. The number of rotatable bonds is 6. The molecule has 17 heavy (non-hydrogen) atoms. The van der Waals surface area contributed by atoms with Crippen LogP contribution in [0, 0.1) is 6.92 Å². The summed E-state index contributed by atoms with van der Waals surface area (Å²) in [5, 5.41) is 9.63. The van der Waals surface area contributed by atoms with E-state index < -0.39 is 5.97 Å². The van der Waals surface area contributed by atoms with E-state index in [4.69, 9.17) is 9.84 Å². The third-order valence-corrected chi connectivity index (χ3v) is 3.28. The zero-order chi connectivity index (χ0) is 13.0. The van der Waals surface area contributed by atoms with Gasteiger partial charge < -0.3 is 14.7 Å². The van der Waals surface area contributed by atoms with Crippen molar-refractivity contribution in [3.63, 3.8) is 0 Å². The van der Waals surface area contributed by atoms with Crippen LogP contribution in [-0.4, -0.2) is 42.4 Å². The average Bonchev–Trinajstić information content (AvgIpc) is 2.59. The highest BCUT2D eigenvalue weighted by Gasteiger charge is 2.16. The van der Waals surface area contributed by atoms with Crippen LogP contribution in [0.2, 0.25) is 0 Å². The number of thiazole rings is 1. The normalized spacial score (nSPS) is 10.9. The first-order valence-electron chi connectivity index (χ1n) is 5.45. The maximum atomic E-state index is 10.9. The van der Waals surface area contributed by atoms with Crippen molar-refractivity contribution in [2.75, 3.05) is 25.1 Å². The molecule has 0 aliphatic carbocycles. The Morgan fingerprint density at radius 1 is 1.59 bits per heavy atom. The predicted octanol–water partition coefficient (Wildman–Crippen LogP) is 2.01. The second-order valence-electron chi connectivity index (χ2n) is 4.05. The maximum absolute atomic E-state index is 10.9. The van der Waals surface area contributed by atoms with Crippen LogP contribution in [-0.2, 0) is 4.74 Å². The fourth-order valence-corrected chi connectivity index (χ4v) is 2.15. The number of aromatic carboxylic acids is 1. The molecule has 0 fully saturated rings. The number of hydrogen-bond acceptors (Lipinski definition) is 5. The van der Waals surface area contributed by atoms with Gasteiger partial charge in [-0.1, -0.05) is 0 Å². The molecule has 1 heterocycles. The van der Waals surface area contributed by atoms with Crippen LogP contribution in [0.4, 0.5) is 5.13 Å². The van der Waals surface area contributed by atoms with Gasteiger partial charge in [-0.3, -0.25) is 0 Å². The Morgan fingerprint density at radius 2 is 2.24 bits per heavy atom. The fraction of sp³-hybridized carbons (Fsp3) is 0.636. The van der Waals surface area contributed by atoms with E-state index in [1.807, 2.05) is 25.8 Å². The molecule has 96 valence electrons. The van der Waals surface area contributed by atoms with Gasteiger partial charge in [0.15, 0.2) is 10.8 Å². The lowest BCUT2D eigenvalue weighted by Crippen LogP contribution is -2.23. The summed E-state index contributed by atoms with van der Waals surface area (Å²) in [6.07, 6.45) is 0.205. The Morgan fingerprint density at radius 3 is 2.71 bits per heavy atom. The molecule has 0 bridgehead atoms. The second kappa shape index (κ2) is 5.97. The Kier molecular flexibility index (Phi) is 4.89. The van der Waals surface area contributed by atoms with Gasteiger partial charge >= 0.3 is 5.97 Å². The van der Waals surface area contributed by atoms with Crippen molar-refractivity contribution in [3.05, 3.63) is 10.6 Å². The molecular weight excluding hydrogens is 240 g/mol. The average molecular weight is 258 g/mol. The highest BCUT2D eigenvalue weighted by atomic mass is 32.1. The van der Waals surface area contributed by atoms with Gasteiger partial charge in [-0.2, -0.15) is 0 Å². The smallest absolute Gasteiger partial charge is 0.355 e. The highest BCUT2D eigenvalue weighted by Crippen LogP contribution is 2.24. The SMILES string of the molecule is Cc1sc(N(C)CCOC(C)C)nc1C(=O)O. The molecule has 0 aliphatic rings. The third-order valence-electron chi connectivity index (χ3n) is 2.19. The second-order valence-corrected chi connectivity index (χ2v) is 5.23. The van der Waals surface area contributed by atoms with Crippen molar-refractivity contribution >= 4 is 22.4 Å². The molecule has 0 aromatic carbocycles. The van der Waals surface area contributed by atoms with Crippen molar-refractivity contribution in [2.24, 2.45) is 0 Å². The summed E-state index contributed by atoms with van der Waals surface area (Å²) >= 11 is 1.39. The van der Waals surface area contributed by atoms with Crippen molar-refractivity contribution in [1.29, 1.82) is 0 Å². The lowest BCUT2D eigenvalue weighted by atomic mass is 10.4. The van der Waals surface area contributed by atoms with Gasteiger partial charge in [0, 0.05) is 18.5 Å². The minimum absolute atomic E-state index is 0.140. The van der Waals surface area contributed by atoms with Crippen molar-refractivity contribution in [1.82, 2.24) is 4.98 Å².